The van der Waals surface area contributed by atoms with Gasteiger partial charge in [0.05, 0.1) is 7.11 Å². The lowest BCUT2D eigenvalue weighted by Crippen LogP contribution is -2.08. The largest absolute Gasteiger partial charge is 0.497 e. The van der Waals surface area contributed by atoms with E-state index in [1.807, 2.05) is 19.2 Å². The van der Waals surface area contributed by atoms with Crippen molar-refractivity contribution in [2.75, 3.05) is 31.3 Å². The van der Waals surface area contributed by atoms with E-state index in [9.17, 15) is 0 Å². The van der Waals surface area contributed by atoms with Crippen molar-refractivity contribution in [3.63, 3.8) is 0 Å². The van der Waals surface area contributed by atoms with Crippen molar-refractivity contribution in [3.05, 3.63) is 40.6 Å². The highest BCUT2D eigenvalue weighted by Gasteiger charge is 2.06. The highest BCUT2D eigenvalue weighted by Crippen LogP contribution is 2.25. The molecule has 20 heavy (non-hydrogen) atoms. The molecule has 0 unspecified atom stereocenters. The van der Waals surface area contributed by atoms with E-state index < -0.39 is 0 Å². The molecule has 0 radical (unpaired) electrons. The van der Waals surface area contributed by atoms with Crippen molar-refractivity contribution >= 4 is 27.6 Å². The fraction of sp³-hybridized carbons (Fsp3) is 0.286. The van der Waals surface area contributed by atoms with E-state index in [0.717, 1.165) is 34.8 Å². The number of anilines is 2. The molecule has 0 aliphatic rings. The van der Waals surface area contributed by atoms with Crippen LogP contribution in [0.2, 0.25) is 0 Å². The molecule has 1 aromatic heterocycles. The molecule has 2 aromatic rings. The Labute approximate surface area is 126 Å². The van der Waals surface area contributed by atoms with Gasteiger partial charge in [-0.3, -0.25) is 0 Å². The van der Waals surface area contributed by atoms with E-state index in [0.29, 0.717) is 0 Å². The van der Waals surface area contributed by atoms with Crippen molar-refractivity contribution in [2.45, 2.75) is 6.42 Å². The molecule has 106 valence electrons. The zero-order chi connectivity index (χ0) is 14.4. The fourth-order valence-electron chi connectivity index (χ4n) is 1.78. The summed E-state index contributed by atoms with van der Waals surface area (Å²) in [5.41, 5.74) is 1.25. The molecule has 1 heterocycles. The average Bonchev–Trinajstić information content (AvgIpc) is 2.49. The number of nitrogens with zero attached hydrogens (tertiary/aromatic N) is 2. The van der Waals surface area contributed by atoms with Crippen molar-refractivity contribution in [3.8, 4) is 5.75 Å². The van der Waals surface area contributed by atoms with Crippen LogP contribution >= 0.6 is 15.9 Å². The van der Waals surface area contributed by atoms with Gasteiger partial charge in [0, 0.05) is 13.6 Å². The van der Waals surface area contributed by atoms with E-state index in [1.165, 1.54) is 11.9 Å². The molecule has 0 spiro atoms. The van der Waals surface area contributed by atoms with Gasteiger partial charge < -0.3 is 15.4 Å². The van der Waals surface area contributed by atoms with E-state index >= 15 is 0 Å². The summed E-state index contributed by atoms with van der Waals surface area (Å²) in [6.07, 6.45) is 2.45. The van der Waals surface area contributed by atoms with Gasteiger partial charge in [-0.2, -0.15) is 0 Å². The Kier molecular flexibility index (Phi) is 5.17. The van der Waals surface area contributed by atoms with Gasteiger partial charge in [-0.1, -0.05) is 12.1 Å². The van der Waals surface area contributed by atoms with Crippen molar-refractivity contribution in [2.24, 2.45) is 0 Å². The number of nitrogens with one attached hydrogen (secondary N) is 2. The van der Waals surface area contributed by atoms with Crippen LogP contribution in [-0.4, -0.2) is 30.7 Å². The van der Waals surface area contributed by atoms with Crippen LogP contribution in [0.3, 0.4) is 0 Å². The number of aromatic nitrogens is 2. The number of hydrogen-bond donors (Lipinski definition) is 2. The molecule has 0 aliphatic carbocycles. The first-order chi connectivity index (χ1) is 9.74. The van der Waals surface area contributed by atoms with Crippen LogP contribution in [-0.2, 0) is 6.42 Å². The second-order valence-electron chi connectivity index (χ2n) is 4.16. The quantitative estimate of drug-likeness (QED) is 0.849. The van der Waals surface area contributed by atoms with Crippen LogP contribution in [0.25, 0.3) is 0 Å². The maximum Gasteiger partial charge on any atom is 0.145 e. The third-order valence-corrected chi connectivity index (χ3v) is 3.64. The van der Waals surface area contributed by atoms with Crippen molar-refractivity contribution < 1.29 is 4.74 Å². The zero-order valence-electron chi connectivity index (χ0n) is 11.5. The average molecular weight is 337 g/mol. The Balaban J connectivity index is 1.92. The zero-order valence-corrected chi connectivity index (χ0v) is 13.1. The van der Waals surface area contributed by atoms with E-state index in [-0.39, 0.29) is 0 Å². The summed E-state index contributed by atoms with van der Waals surface area (Å²) in [4.78, 5) is 8.34. The summed E-state index contributed by atoms with van der Waals surface area (Å²) in [5.74, 6) is 2.43. The van der Waals surface area contributed by atoms with Gasteiger partial charge in [-0.25, -0.2) is 9.97 Å². The van der Waals surface area contributed by atoms with E-state index in [4.69, 9.17) is 4.74 Å². The summed E-state index contributed by atoms with van der Waals surface area (Å²) in [7, 11) is 3.50. The lowest BCUT2D eigenvalue weighted by atomic mass is 10.1. The molecule has 0 bridgehead atoms. The number of halogens is 1. The van der Waals surface area contributed by atoms with Gasteiger partial charge in [0.2, 0.25) is 0 Å². The van der Waals surface area contributed by atoms with Crippen LogP contribution in [0.4, 0.5) is 11.6 Å². The molecule has 2 N–H and O–H groups in total. The summed E-state index contributed by atoms with van der Waals surface area (Å²) in [5, 5.41) is 6.30. The van der Waals surface area contributed by atoms with Gasteiger partial charge in [-0.05, 0) is 40.0 Å². The predicted octanol–water partition coefficient (Wildman–Crippen LogP) is 2.94. The molecule has 5 nitrogen and oxygen atoms in total. The minimum absolute atomic E-state index is 0.770. The minimum Gasteiger partial charge on any atom is -0.497 e. The Morgan fingerprint density at radius 3 is 2.50 bits per heavy atom. The Morgan fingerprint density at radius 2 is 1.85 bits per heavy atom. The normalized spacial score (nSPS) is 10.2. The molecule has 1 aromatic carbocycles. The van der Waals surface area contributed by atoms with Gasteiger partial charge in [-0.15, -0.1) is 0 Å². The van der Waals surface area contributed by atoms with Crippen LogP contribution in [0.15, 0.2) is 35.1 Å². The topological polar surface area (TPSA) is 59.1 Å². The monoisotopic (exact) mass is 336 g/mol. The van der Waals surface area contributed by atoms with Crippen LogP contribution in [0.1, 0.15) is 5.56 Å². The smallest absolute Gasteiger partial charge is 0.145 e. The van der Waals surface area contributed by atoms with Gasteiger partial charge >= 0.3 is 0 Å². The molecule has 0 amide bonds. The third-order valence-electron chi connectivity index (χ3n) is 2.89. The van der Waals surface area contributed by atoms with Gasteiger partial charge in [0.25, 0.3) is 0 Å². The number of ether oxygens (including phenoxy) is 1. The van der Waals surface area contributed by atoms with Crippen LogP contribution < -0.4 is 15.4 Å². The maximum atomic E-state index is 5.14. The first kappa shape index (κ1) is 14.6. The predicted molar refractivity (Wildman–Crippen MR) is 84.5 cm³/mol. The van der Waals surface area contributed by atoms with Crippen LogP contribution in [0, 0.1) is 0 Å². The molecule has 0 fully saturated rings. The van der Waals surface area contributed by atoms with E-state index in [1.54, 1.807) is 7.11 Å². The summed E-state index contributed by atoms with van der Waals surface area (Å²) in [6, 6.07) is 8.06. The Morgan fingerprint density at radius 1 is 1.15 bits per heavy atom. The molecular formula is C14H17BrN4O. The number of benzene rings is 1. The first-order valence-electron chi connectivity index (χ1n) is 6.29. The molecule has 6 heteroatoms. The van der Waals surface area contributed by atoms with Crippen LogP contribution in [0.5, 0.6) is 5.75 Å². The molecule has 2 rings (SSSR count). The highest BCUT2D eigenvalue weighted by molar-refractivity contribution is 9.10. The lowest BCUT2D eigenvalue weighted by molar-refractivity contribution is 0.414. The molecular weight excluding hydrogens is 320 g/mol. The summed E-state index contributed by atoms with van der Waals surface area (Å²) in [6.45, 7) is 0.797. The minimum atomic E-state index is 0.770. The summed E-state index contributed by atoms with van der Waals surface area (Å²) >= 11 is 3.48. The lowest BCUT2D eigenvalue weighted by Gasteiger charge is -2.10. The van der Waals surface area contributed by atoms with Gasteiger partial charge in [0.1, 0.15) is 28.2 Å². The second-order valence-corrected chi connectivity index (χ2v) is 4.95. The SMILES string of the molecule is CNc1ncnc(NCCc2ccc(OC)cc2)c1Br. The maximum absolute atomic E-state index is 5.14. The Bertz CT molecular complexity index is 560. The van der Waals surface area contributed by atoms with Crippen molar-refractivity contribution in [1.29, 1.82) is 0 Å². The van der Waals surface area contributed by atoms with E-state index in [2.05, 4.69) is 48.7 Å². The van der Waals surface area contributed by atoms with Gasteiger partial charge in [0.15, 0.2) is 0 Å². The standard InChI is InChI=1S/C14H17BrN4O/c1-16-13-12(15)14(19-9-18-13)17-8-7-10-3-5-11(20-2)6-4-10/h3-6,9H,7-8H2,1-2H3,(H2,16,17,18,19). The highest BCUT2D eigenvalue weighted by atomic mass is 79.9. The molecule has 0 saturated carbocycles. The number of methoxy groups -OCH3 is 1. The second kappa shape index (κ2) is 7.09. The fourth-order valence-corrected chi connectivity index (χ4v) is 2.33. The molecule has 0 aliphatic heterocycles. The summed E-state index contributed by atoms with van der Waals surface area (Å²) < 4.78 is 5.98. The third kappa shape index (κ3) is 3.60. The Hall–Kier alpha value is -1.82. The number of rotatable bonds is 6. The molecule has 0 atom stereocenters. The first-order valence-corrected chi connectivity index (χ1v) is 7.09. The number of hydrogen-bond acceptors (Lipinski definition) is 5. The molecule has 0 saturated heterocycles. The van der Waals surface area contributed by atoms with Crippen molar-refractivity contribution in [1.82, 2.24) is 9.97 Å².